The van der Waals surface area contributed by atoms with E-state index < -0.39 is 0 Å². The molecule has 0 spiro atoms. The third-order valence-corrected chi connectivity index (χ3v) is 16.3. The molecule has 0 radical (unpaired) electrons. The first-order chi connectivity index (χ1) is 40.3. The summed E-state index contributed by atoms with van der Waals surface area (Å²) in [5.74, 6) is -0.587. The highest BCUT2D eigenvalue weighted by molar-refractivity contribution is 6.23. The van der Waals surface area contributed by atoms with Gasteiger partial charge in [0.25, 0.3) is 0 Å². The van der Waals surface area contributed by atoms with Crippen molar-refractivity contribution in [2.75, 3.05) is 9.80 Å². The van der Waals surface area contributed by atoms with Gasteiger partial charge in [-0.15, -0.1) is 0 Å². The molecule has 0 atom stereocenters. The molecule has 0 aliphatic carbocycles. The maximum atomic E-state index is 14.8. The van der Waals surface area contributed by atoms with Crippen LogP contribution >= 0.6 is 0 Å². The van der Waals surface area contributed by atoms with E-state index in [1.54, 1.807) is 0 Å². The second-order valence-corrected chi connectivity index (χ2v) is 21.3. The van der Waals surface area contributed by atoms with Gasteiger partial charge < -0.3 is 18.9 Å². The van der Waals surface area contributed by atoms with Crippen LogP contribution < -0.4 is 9.80 Å². The van der Waals surface area contributed by atoms with E-state index >= 15 is 0 Å². The second-order valence-electron chi connectivity index (χ2n) is 21.3. The summed E-state index contributed by atoms with van der Waals surface area (Å²) in [5.41, 5.74) is 18.7. The van der Waals surface area contributed by atoms with Crippen LogP contribution in [0.2, 0.25) is 0 Å². The molecule has 15 aromatic rings. The van der Waals surface area contributed by atoms with E-state index in [1.165, 1.54) is 45.8 Å². The van der Waals surface area contributed by atoms with Crippen molar-refractivity contribution in [2.45, 2.75) is 13.8 Å². The summed E-state index contributed by atoms with van der Waals surface area (Å²) in [6.07, 6.45) is 0. The molecule has 82 heavy (non-hydrogen) atoms. The number of rotatable bonds is 10. The first kappa shape index (κ1) is 48.6. The average Bonchev–Trinajstić information content (AvgIpc) is 3.56. The van der Waals surface area contributed by atoms with E-state index in [1.807, 2.05) is 24.3 Å². The molecule has 13 aromatic carbocycles. The van der Waals surface area contributed by atoms with Crippen molar-refractivity contribution in [2.24, 2.45) is 0 Å². The van der Waals surface area contributed by atoms with Crippen LogP contribution in [0.25, 0.3) is 98.8 Å². The molecule has 15 rings (SSSR count). The summed E-state index contributed by atoms with van der Waals surface area (Å²) < 4.78 is 34.3. The van der Waals surface area contributed by atoms with Crippen LogP contribution in [-0.2, 0) is 0 Å². The fourth-order valence-electron chi connectivity index (χ4n) is 12.5. The van der Waals surface area contributed by atoms with E-state index in [4.69, 9.17) is 0 Å². The van der Waals surface area contributed by atoms with Crippen molar-refractivity contribution >= 4 is 99.3 Å². The Hall–Kier alpha value is -10.6. The van der Waals surface area contributed by atoms with E-state index in [9.17, 15) is 8.78 Å². The largest absolute Gasteiger partial charge is 0.310 e. The molecule has 2 heterocycles. The Bertz CT molecular complexity index is 4410. The van der Waals surface area contributed by atoms with Gasteiger partial charge in [-0.2, -0.15) is 0 Å². The number of halogens is 2. The maximum Gasteiger partial charge on any atom is 0.123 e. The van der Waals surface area contributed by atoms with Gasteiger partial charge in [0.15, 0.2) is 0 Å². The molecule has 0 saturated carbocycles. The highest BCUT2D eigenvalue weighted by Crippen LogP contribution is 2.49. The fourth-order valence-corrected chi connectivity index (χ4v) is 12.5. The topological polar surface area (TPSA) is 16.3 Å². The molecule has 4 nitrogen and oxygen atoms in total. The fraction of sp³-hybridized carbons (Fsp3) is 0.0263. The molecule has 0 aliphatic heterocycles. The smallest absolute Gasteiger partial charge is 0.123 e. The summed E-state index contributed by atoms with van der Waals surface area (Å²) >= 11 is 0. The lowest BCUT2D eigenvalue weighted by Gasteiger charge is -2.28. The zero-order valence-electron chi connectivity index (χ0n) is 45.1. The lowest BCUT2D eigenvalue weighted by atomic mass is 9.85. The summed E-state index contributed by atoms with van der Waals surface area (Å²) in [5, 5.41) is 9.06. The predicted octanol–water partition coefficient (Wildman–Crippen LogP) is 21.4. The summed E-state index contributed by atoms with van der Waals surface area (Å²) in [7, 11) is 0. The number of aryl methyl sites for hydroxylation is 2. The van der Waals surface area contributed by atoms with Gasteiger partial charge in [-0.05, 0) is 203 Å². The highest BCUT2D eigenvalue weighted by atomic mass is 19.1. The van der Waals surface area contributed by atoms with Gasteiger partial charge in [0.2, 0.25) is 0 Å². The van der Waals surface area contributed by atoms with Crippen LogP contribution in [0.5, 0.6) is 0 Å². The number of hydrogen-bond acceptors (Lipinski definition) is 2. The third kappa shape index (κ3) is 8.18. The molecule has 2 aromatic heterocycles. The van der Waals surface area contributed by atoms with Crippen LogP contribution in [0.15, 0.2) is 279 Å². The van der Waals surface area contributed by atoms with E-state index in [-0.39, 0.29) is 11.6 Å². The van der Waals surface area contributed by atoms with Gasteiger partial charge in [0.1, 0.15) is 11.6 Å². The molecule has 390 valence electrons. The van der Waals surface area contributed by atoms with Gasteiger partial charge in [-0.1, -0.05) is 145 Å². The third-order valence-electron chi connectivity index (χ3n) is 16.3. The lowest BCUT2D eigenvalue weighted by molar-refractivity contribution is 0.627. The van der Waals surface area contributed by atoms with Gasteiger partial charge >= 0.3 is 0 Å². The molecular formula is C76H52F2N4. The highest BCUT2D eigenvalue weighted by Gasteiger charge is 2.24. The zero-order chi connectivity index (χ0) is 55.0. The predicted molar refractivity (Wildman–Crippen MR) is 340 cm³/mol. The molecule has 0 amide bonds. The summed E-state index contributed by atoms with van der Waals surface area (Å²) in [6, 6.07) is 96.6. The van der Waals surface area contributed by atoms with Crippen LogP contribution in [0, 0.1) is 25.5 Å². The Morgan fingerprint density at radius 1 is 0.256 bits per heavy atom. The molecule has 0 saturated heterocycles. The van der Waals surface area contributed by atoms with Crippen molar-refractivity contribution < 1.29 is 8.78 Å². The van der Waals surface area contributed by atoms with Gasteiger partial charge in [-0.3, -0.25) is 0 Å². The van der Waals surface area contributed by atoms with Crippen LogP contribution in [0.3, 0.4) is 0 Å². The second kappa shape index (κ2) is 19.7. The minimum absolute atomic E-state index is 0.294. The quantitative estimate of drug-likeness (QED) is 0.127. The Balaban J connectivity index is 1.02. The van der Waals surface area contributed by atoms with Crippen LogP contribution in [0.1, 0.15) is 11.1 Å². The van der Waals surface area contributed by atoms with Crippen LogP contribution in [-0.4, -0.2) is 9.13 Å². The standard InChI is InChI=1S/C76H52F2N4/c1-49-19-31-55(32-20-49)79(57-39-27-53(77)28-40-57)61-43-45-67-69(47-61)75(51-23-35-59(36-24-51)81-71-15-7-3-11-63(71)64-12-4-8-16-72(64)81)68-46-44-62(80(56-33-21-50(2)22-34-56)58-41-29-54(78)30-42-58)48-70(68)76(67)52-25-37-60(38-26-52)82-73-17-9-5-13-65(73)66-14-6-10-18-74(66)82/h3-48H,1-2H3. The summed E-state index contributed by atoms with van der Waals surface area (Å²) in [4.78, 5) is 4.42. The van der Waals surface area contributed by atoms with Gasteiger partial charge in [0, 0.05) is 67.0 Å². The summed E-state index contributed by atoms with van der Waals surface area (Å²) in [6.45, 7) is 4.18. The first-order valence-electron chi connectivity index (χ1n) is 27.8. The zero-order valence-corrected chi connectivity index (χ0v) is 45.1. The molecule has 0 fully saturated rings. The van der Waals surface area contributed by atoms with Crippen molar-refractivity contribution in [3.8, 4) is 33.6 Å². The van der Waals surface area contributed by atoms with Gasteiger partial charge in [-0.25, -0.2) is 8.78 Å². The maximum absolute atomic E-state index is 14.8. The van der Waals surface area contributed by atoms with Crippen molar-refractivity contribution in [1.82, 2.24) is 9.13 Å². The molecule has 6 heteroatoms. The monoisotopic (exact) mass is 1060 g/mol. The number of anilines is 6. The number of nitrogens with zero attached hydrogens (tertiary/aromatic N) is 4. The van der Waals surface area contributed by atoms with Crippen LogP contribution in [0.4, 0.5) is 42.9 Å². The Morgan fingerprint density at radius 3 is 0.854 bits per heavy atom. The Morgan fingerprint density at radius 2 is 0.537 bits per heavy atom. The molecule has 0 aliphatic rings. The van der Waals surface area contributed by atoms with E-state index in [0.29, 0.717) is 0 Å². The minimum atomic E-state index is -0.294. The molecule has 0 N–H and O–H groups in total. The van der Waals surface area contributed by atoms with Gasteiger partial charge in [0.05, 0.1) is 22.1 Å². The number of benzene rings is 13. The number of para-hydroxylation sites is 4. The number of hydrogen-bond donors (Lipinski definition) is 0. The van der Waals surface area contributed by atoms with Crippen molar-refractivity contribution in [1.29, 1.82) is 0 Å². The molecule has 0 bridgehead atoms. The number of aromatic nitrogens is 2. The minimum Gasteiger partial charge on any atom is -0.310 e. The Kier molecular flexibility index (Phi) is 11.6. The van der Waals surface area contributed by atoms with E-state index in [2.05, 4.69) is 263 Å². The first-order valence-corrected chi connectivity index (χ1v) is 27.8. The van der Waals surface area contributed by atoms with Crippen molar-refractivity contribution in [3.63, 3.8) is 0 Å². The van der Waals surface area contributed by atoms with Crippen molar-refractivity contribution in [3.05, 3.63) is 302 Å². The number of fused-ring (bicyclic) bond motifs is 8. The normalized spacial score (nSPS) is 11.7. The molecule has 0 unspecified atom stereocenters. The Labute approximate surface area is 473 Å². The average molecular weight is 1060 g/mol. The SMILES string of the molecule is Cc1ccc(N(c2ccc(F)cc2)c2ccc3c(-c4ccc(-n5c6ccccc6c6ccccc65)cc4)c4cc(N(c5ccc(C)cc5)c5ccc(F)cc5)ccc4c(-c4ccc(-n5c6ccccc6c6ccccc65)cc4)c3c2)cc1. The lowest BCUT2D eigenvalue weighted by Crippen LogP contribution is -2.10. The van der Waals surface area contributed by atoms with E-state index in [0.717, 1.165) is 122 Å². The molecular weight excluding hydrogens is 1010 g/mol.